The van der Waals surface area contributed by atoms with E-state index in [0.29, 0.717) is 24.5 Å². The highest BCUT2D eigenvalue weighted by molar-refractivity contribution is 7.92. The highest BCUT2D eigenvalue weighted by atomic mass is 32.2. The van der Waals surface area contributed by atoms with Crippen LogP contribution in [0.15, 0.2) is 53.4 Å². The summed E-state index contributed by atoms with van der Waals surface area (Å²) in [6.45, 7) is -3.16. The van der Waals surface area contributed by atoms with Crippen molar-refractivity contribution in [2.24, 2.45) is 0 Å². The highest BCUT2D eigenvalue weighted by Crippen LogP contribution is 2.36. The molecule has 0 bridgehead atoms. The van der Waals surface area contributed by atoms with Gasteiger partial charge < -0.3 is 4.74 Å². The molecule has 3 rings (SSSR count). The molecule has 2 aromatic carbocycles. The van der Waals surface area contributed by atoms with Gasteiger partial charge in [-0.05, 0) is 60.7 Å². The Labute approximate surface area is 168 Å². The fourth-order valence-corrected chi connectivity index (χ4v) is 5.04. The summed E-state index contributed by atoms with van der Waals surface area (Å²) in [6.07, 6.45) is -2.47. The number of benzene rings is 2. The zero-order chi connectivity index (χ0) is 22.1. The number of hydrogen-bond donors (Lipinski definition) is 0. The van der Waals surface area contributed by atoms with Crippen molar-refractivity contribution in [3.63, 3.8) is 0 Å². The van der Waals surface area contributed by atoms with E-state index in [-0.39, 0.29) is 12.0 Å². The smallest absolute Gasteiger partial charge is 0.416 e. The number of halogens is 6. The molecule has 0 heterocycles. The van der Waals surface area contributed by atoms with Crippen LogP contribution in [0.2, 0.25) is 0 Å². The summed E-state index contributed by atoms with van der Waals surface area (Å²) in [6, 6.07) is 6.46. The van der Waals surface area contributed by atoms with Crippen molar-refractivity contribution in [1.29, 1.82) is 0 Å². The van der Waals surface area contributed by atoms with Gasteiger partial charge in [0.2, 0.25) is 0 Å². The van der Waals surface area contributed by atoms with Gasteiger partial charge in [0.25, 0.3) is 0 Å². The molecule has 0 aromatic heterocycles. The monoisotopic (exact) mass is 450 g/mol. The number of hydrogen-bond acceptors (Lipinski definition) is 3. The van der Waals surface area contributed by atoms with Crippen LogP contribution in [0, 0.1) is 5.82 Å². The average Bonchev–Trinajstić information content (AvgIpc) is 2.66. The zero-order valence-electron chi connectivity index (χ0n) is 15.3. The molecule has 0 N–H and O–H groups in total. The van der Waals surface area contributed by atoms with Crippen LogP contribution in [0.25, 0.3) is 5.57 Å². The van der Waals surface area contributed by atoms with Gasteiger partial charge in [-0.25, -0.2) is 12.8 Å². The molecule has 1 atom stereocenters. The minimum absolute atomic E-state index is 0.164. The highest BCUT2D eigenvalue weighted by Gasteiger charge is 2.34. The topological polar surface area (TPSA) is 43.4 Å². The van der Waals surface area contributed by atoms with E-state index in [9.17, 15) is 34.8 Å². The molecule has 0 aliphatic heterocycles. The Morgan fingerprint density at radius 1 is 1.07 bits per heavy atom. The van der Waals surface area contributed by atoms with Crippen LogP contribution < -0.4 is 4.74 Å². The fourth-order valence-electron chi connectivity index (χ4n) is 3.31. The van der Waals surface area contributed by atoms with Crippen LogP contribution in [0.3, 0.4) is 0 Å². The molecule has 1 aliphatic rings. The third kappa shape index (κ3) is 4.97. The molecule has 162 valence electrons. The van der Waals surface area contributed by atoms with Crippen LogP contribution in [0.4, 0.5) is 26.3 Å². The van der Waals surface area contributed by atoms with E-state index in [1.807, 2.05) is 0 Å². The van der Waals surface area contributed by atoms with Crippen molar-refractivity contribution in [2.75, 3.05) is 0 Å². The summed E-state index contributed by atoms with van der Waals surface area (Å²) in [7, 11) is -4.15. The quantitative estimate of drug-likeness (QED) is 0.537. The van der Waals surface area contributed by atoms with E-state index < -0.39 is 49.9 Å². The lowest BCUT2D eigenvalue weighted by atomic mass is 9.93. The van der Waals surface area contributed by atoms with Crippen molar-refractivity contribution in [2.45, 2.75) is 42.2 Å². The number of rotatable bonds is 5. The van der Waals surface area contributed by atoms with E-state index in [1.54, 1.807) is 0 Å². The Kier molecular flexibility index (Phi) is 6.16. The Morgan fingerprint density at radius 2 is 1.80 bits per heavy atom. The summed E-state index contributed by atoms with van der Waals surface area (Å²) in [5, 5.41) is -1.13. The lowest BCUT2D eigenvalue weighted by Gasteiger charge is -2.22. The predicted octanol–water partition coefficient (Wildman–Crippen LogP) is 5.86. The third-order valence-electron chi connectivity index (χ3n) is 4.68. The first-order chi connectivity index (χ1) is 14.0. The van der Waals surface area contributed by atoms with Gasteiger partial charge in [-0.15, -0.1) is 0 Å². The third-order valence-corrected chi connectivity index (χ3v) is 6.76. The van der Waals surface area contributed by atoms with E-state index in [1.165, 1.54) is 12.1 Å². The van der Waals surface area contributed by atoms with Crippen LogP contribution >= 0.6 is 0 Å². The van der Waals surface area contributed by atoms with Crippen molar-refractivity contribution in [3.05, 3.63) is 65.5 Å². The molecule has 0 saturated carbocycles. The fraction of sp³-hybridized carbons (Fsp3) is 0.300. The summed E-state index contributed by atoms with van der Waals surface area (Å²) >= 11 is 0. The van der Waals surface area contributed by atoms with Gasteiger partial charge in [-0.3, -0.25) is 0 Å². The molecule has 0 spiro atoms. The van der Waals surface area contributed by atoms with Crippen molar-refractivity contribution < 1.29 is 39.5 Å². The van der Waals surface area contributed by atoms with E-state index >= 15 is 0 Å². The van der Waals surface area contributed by atoms with Gasteiger partial charge in [0.1, 0.15) is 11.6 Å². The van der Waals surface area contributed by atoms with Crippen LogP contribution in [0.5, 0.6) is 5.75 Å². The van der Waals surface area contributed by atoms with Gasteiger partial charge in [0, 0.05) is 6.07 Å². The Hall–Kier alpha value is -2.49. The van der Waals surface area contributed by atoms with Crippen molar-refractivity contribution >= 4 is 15.4 Å². The number of ether oxygens (including phenoxy) is 1. The van der Waals surface area contributed by atoms with E-state index in [0.717, 1.165) is 30.3 Å². The minimum atomic E-state index is -4.69. The van der Waals surface area contributed by atoms with Gasteiger partial charge >= 0.3 is 12.8 Å². The lowest BCUT2D eigenvalue weighted by molar-refractivity contribution is -0.137. The van der Waals surface area contributed by atoms with E-state index in [2.05, 4.69) is 4.74 Å². The number of alkyl halides is 5. The first-order valence-corrected chi connectivity index (χ1v) is 10.4. The second-order valence-corrected chi connectivity index (χ2v) is 8.91. The van der Waals surface area contributed by atoms with Gasteiger partial charge in [0.05, 0.1) is 15.7 Å². The Morgan fingerprint density at radius 3 is 2.47 bits per heavy atom. The molecule has 0 fully saturated rings. The first-order valence-electron chi connectivity index (χ1n) is 8.84. The second-order valence-electron chi connectivity index (χ2n) is 6.75. The molecule has 0 unspecified atom stereocenters. The molecule has 1 aliphatic carbocycles. The summed E-state index contributed by atoms with van der Waals surface area (Å²) in [4.78, 5) is -0.471. The van der Waals surface area contributed by atoms with Crippen LogP contribution in [0.1, 0.15) is 30.4 Å². The molecule has 30 heavy (non-hydrogen) atoms. The Bertz CT molecular complexity index is 1060. The average molecular weight is 450 g/mol. The molecule has 2 aromatic rings. The predicted molar refractivity (Wildman–Crippen MR) is 97.3 cm³/mol. The standard InChI is InChI=1S/C20H16F6O3S/c21-15-7-13(8-16(11-15)29-19(22)23)12-3-1-5-17(9-12)30(27,28)18-6-2-4-14(10-18)20(24,25)26/h2,4,6-11,17,19H,1,3,5H2/t17-/m0/s1. The molecular formula is C20H16F6O3S. The van der Waals surface area contributed by atoms with Crippen molar-refractivity contribution in [1.82, 2.24) is 0 Å². The van der Waals surface area contributed by atoms with Crippen LogP contribution in [-0.4, -0.2) is 20.3 Å². The van der Waals surface area contributed by atoms with Gasteiger partial charge in [0.15, 0.2) is 9.84 Å². The van der Waals surface area contributed by atoms with E-state index in [4.69, 9.17) is 0 Å². The van der Waals surface area contributed by atoms with Crippen molar-refractivity contribution in [3.8, 4) is 5.75 Å². The summed E-state index contributed by atoms with van der Waals surface area (Å²) in [5.74, 6) is -1.25. The largest absolute Gasteiger partial charge is 0.435 e. The molecule has 0 amide bonds. The molecular weight excluding hydrogens is 434 g/mol. The maximum absolute atomic E-state index is 13.8. The SMILES string of the molecule is O=S(=O)(c1cccc(C(F)(F)F)c1)[C@@H]1C=C(c2cc(F)cc(OC(F)F)c2)CCC1. The van der Waals surface area contributed by atoms with Gasteiger partial charge in [-0.1, -0.05) is 12.1 Å². The summed E-state index contributed by atoms with van der Waals surface area (Å²) in [5.41, 5.74) is -0.516. The second kappa shape index (κ2) is 8.33. The zero-order valence-corrected chi connectivity index (χ0v) is 16.1. The normalized spacial score (nSPS) is 17.7. The van der Waals surface area contributed by atoms with Crippen LogP contribution in [-0.2, 0) is 16.0 Å². The molecule has 0 radical (unpaired) electrons. The van der Waals surface area contributed by atoms with Gasteiger partial charge in [-0.2, -0.15) is 22.0 Å². The summed E-state index contributed by atoms with van der Waals surface area (Å²) < 4.78 is 108. The number of allylic oxidation sites excluding steroid dienone is 1. The molecule has 3 nitrogen and oxygen atoms in total. The maximum atomic E-state index is 13.8. The number of sulfone groups is 1. The minimum Gasteiger partial charge on any atom is -0.435 e. The lowest BCUT2D eigenvalue weighted by Crippen LogP contribution is -2.22. The molecule has 10 heteroatoms. The molecule has 0 saturated heterocycles. The first kappa shape index (κ1) is 22.2. The Balaban J connectivity index is 1.97. The maximum Gasteiger partial charge on any atom is 0.416 e.